The molecule has 0 spiro atoms. The lowest BCUT2D eigenvalue weighted by molar-refractivity contribution is -0.133. The number of benzene rings is 1. The van der Waals surface area contributed by atoms with Crippen LogP contribution in [-0.2, 0) is 25.6 Å². The third kappa shape index (κ3) is 12.7. The molecule has 0 bridgehead atoms. The maximum atomic E-state index is 13.2. The molecule has 0 unspecified atom stereocenters. The lowest BCUT2D eigenvalue weighted by atomic mass is 10.0. The Hall–Kier alpha value is -3.71. The van der Waals surface area contributed by atoms with Crippen molar-refractivity contribution in [2.45, 2.75) is 69.6 Å². The van der Waals surface area contributed by atoms with E-state index in [1.54, 1.807) is 12.1 Å². The summed E-state index contributed by atoms with van der Waals surface area (Å²) >= 11 is 0. The number of nitrogens with two attached hydrogens (primary N) is 5. The molecule has 0 aliphatic heterocycles. The Morgan fingerprint density at radius 3 is 1.95 bits per heavy atom. The molecule has 4 amide bonds. The Bertz CT molecular complexity index is 905. The molecule has 0 saturated heterocycles. The summed E-state index contributed by atoms with van der Waals surface area (Å²) in [5.74, 6) is -2.47. The quantitative estimate of drug-likeness (QED) is 0.0629. The van der Waals surface area contributed by atoms with Gasteiger partial charge in [0.2, 0.25) is 23.6 Å². The zero-order valence-electron chi connectivity index (χ0n) is 21.3. The van der Waals surface area contributed by atoms with Gasteiger partial charge in [-0.15, -0.1) is 0 Å². The van der Waals surface area contributed by atoms with Crippen molar-refractivity contribution in [1.82, 2.24) is 16.0 Å². The van der Waals surface area contributed by atoms with Crippen molar-refractivity contribution in [3.63, 3.8) is 0 Å². The normalized spacial score (nSPS) is 13.9. The van der Waals surface area contributed by atoms with Gasteiger partial charge in [-0.05, 0) is 51.1 Å². The van der Waals surface area contributed by atoms with Crippen molar-refractivity contribution in [1.29, 1.82) is 0 Å². The van der Waals surface area contributed by atoms with Crippen LogP contribution in [0.3, 0.4) is 0 Å². The van der Waals surface area contributed by atoms with Gasteiger partial charge < -0.3 is 44.6 Å². The number of carbonyl (C=O) groups is 4. The van der Waals surface area contributed by atoms with E-state index in [-0.39, 0.29) is 25.3 Å². The zero-order valence-corrected chi connectivity index (χ0v) is 21.3. The fourth-order valence-electron chi connectivity index (χ4n) is 3.46. The van der Waals surface area contributed by atoms with E-state index in [4.69, 9.17) is 28.7 Å². The highest BCUT2D eigenvalue weighted by Crippen LogP contribution is 2.08. The monoisotopic (exact) mass is 519 g/mol. The van der Waals surface area contributed by atoms with E-state index < -0.39 is 47.8 Å². The standard InChI is InChI=1S/C24H41N9O4/c1-15(26)21(35)32-18(11-7-13-30-24(28)29)22(36)33-19(14-16-8-3-2-4-9-16)23(37)31-17(20(27)34)10-5-6-12-25/h2-4,8-9,15,17-19H,5-7,10-14,25-26H2,1H3,(H2,27,34)(H,31,37)(H,32,35)(H,33,36)(H4,28,29,30)/t15-,17-,18+,19-/m0/s1. The highest BCUT2D eigenvalue weighted by Gasteiger charge is 2.29. The van der Waals surface area contributed by atoms with Gasteiger partial charge in [0.1, 0.15) is 18.1 Å². The zero-order chi connectivity index (χ0) is 27.8. The number of primary amides is 1. The lowest BCUT2D eigenvalue weighted by Crippen LogP contribution is -2.57. The first-order chi connectivity index (χ1) is 17.5. The summed E-state index contributed by atoms with van der Waals surface area (Å²) in [6.45, 7) is 2.19. The fourth-order valence-corrected chi connectivity index (χ4v) is 3.46. The lowest BCUT2D eigenvalue weighted by Gasteiger charge is -2.25. The molecular formula is C24H41N9O4. The Morgan fingerprint density at radius 2 is 1.38 bits per heavy atom. The second-order valence-electron chi connectivity index (χ2n) is 8.80. The van der Waals surface area contributed by atoms with Crippen LogP contribution in [0.15, 0.2) is 35.3 Å². The molecule has 37 heavy (non-hydrogen) atoms. The van der Waals surface area contributed by atoms with Gasteiger partial charge >= 0.3 is 0 Å². The van der Waals surface area contributed by atoms with Crippen LogP contribution in [0, 0.1) is 0 Å². The summed E-state index contributed by atoms with van der Waals surface area (Å²) in [6.07, 6.45) is 2.32. The van der Waals surface area contributed by atoms with Crippen LogP contribution < -0.4 is 44.6 Å². The summed E-state index contributed by atoms with van der Waals surface area (Å²) in [4.78, 5) is 54.5. The summed E-state index contributed by atoms with van der Waals surface area (Å²) in [5.41, 5.74) is 28.1. The minimum atomic E-state index is -1.04. The van der Waals surface area contributed by atoms with Crippen molar-refractivity contribution >= 4 is 29.6 Å². The highest BCUT2D eigenvalue weighted by molar-refractivity contribution is 5.94. The Kier molecular flexibility index (Phi) is 14.3. The number of guanidine groups is 1. The van der Waals surface area contributed by atoms with Gasteiger partial charge in [-0.1, -0.05) is 30.3 Å². The van der Waals surface area contributed by atoms with E-state index in [1.807, 2.05) is 18.2 Å². The van der Waals surface area contributed by atoms with E-state index in [0.29, 0.717) is 32.2 Å². The van der Waals surface area contributed by atoms with E-state index in [2.05, 4.69) is 20.9 Å². The first kappa shape index (κ1) is 31.3. The molecule has 1 aromatic carbocycles. The number of hydrogen-bond donors (Lipinski definition) is 8. The maximum absolute atomic E-state index is 13.2. The number of nitrogens with one attached hydrogen (secondary N) is 3. The largest absolute Gasteiger partial charge is 0.370 e. The molecule has 0 radical (unpaired) electrons. The second-order valence-corrected chi connectivity index (χ2v) is 8.80. The molecule has 13 heteroatoms. The Balaban J connectivity index is 3.07. The fraction of sp³-hybridized carbons (Fsp3) is 0.542. The number of carbonyl (C=O) groups excluding carboxylic acids is 4. The van der Waals surface area contributed by atoms with Crippen LogP contribution in [0.4, 0.5) is 0 Å². The van der Waals surface area contributed by atoms with Crippen LogP contribution in [0.2, 0.25) is 0 Å². The number of rotatable bonds is 17. The number of aliphatic imine (C=N–C) groups is 1. The van der Waals surface area contributed by atoms with Crippen molar-refractivity contribution in [3.05, 3.63) is 35.9 Å². The molecule has 0 fully saturated rings. The van der Waals surface area contributed by atoms with E-state index in [1.165, 1.54) is 6.92 Å². The maximum Gasteiger partial charge on any atom is 0.243 e. The van der Waals surface area contributed by atoms with E-state index >= 15 is 0 Å². The number of hydrogen-bond acceptors (Lipinski definition) is 7. The molecule has 1 aromatic rings. The molecule has 13 N–H and O–H groups in total. The van der Waals surface area contributed by atoms with Gasteiger partial charge in [-0.2, -0.15) is 0 Å². The first-order valence-corrected chi connectivity index (χ1v) is 12.3. The van der Waals surface area contributed by atoms with Crippen molar-refractivity contribution in [2.24, 2.45) is 33.7 Å². The first-order valence-electron chi connectivity index (χ1n) is 12.3. The predicted octanol–water partition coefficient (Wildman–Crippen LogP) is -2.30. The molecule has 4 atom stereocenters. The number of nitrogens with zero attached hydrogens (tertiary/aromatic N) is 1. The molecule has 0 aromatic heterocycles. The smallest absolute Gasteiger partial charge is 0.243 e. The summed E-state index contributed by atoms with van der Waals surface area (Å²) < 4.78 is 0. The molecular weight excluding hydrogens is 478 g/mol. The Labute approximate surface area is 217 Å². The minimum Gasteiger partial charge on any atom is -0.370 e. The molecule has 0 heterocycles. The number of amides is 4. The van der Waals surface area contributed by atoms with Crippen LogP contribution >= 0.6 is 0 Å². The Morgan fingerprint density at radius 1 is 0.811 bits per heavy atom. The topological polar surface area (TPSA) is 247 Å². The second kappa shape index (κ2) is 16.9. The molecule has 0 saturated carbocycles. The summed E-state index contributed by atoms with van der Waals surface area (Å²) in [7, 11) is 0. The van der Waals surface area contributed by atoms with Crippen LogP contribution in [0.1, 0.15) is 44.6 Å². The van der Waals surface area contributed by atoms with E-state index in [9.17, 15) is 19.2 Å². The highest BCUT2D eigenvalue weighted by atomic mass is 16.2. The van der Waals surface area contributed by atoms with Gasteiger partial charge in [0.05, 0.1) is 6.04 Å². The SMILES string of the molecule is C[C@H](N)C(=O)N[C@H](CCCN=C(N)N)C(=O)N[C@@H](Cc1ccccc1)C(=O)N[C@@H](CCCCN)C(N)=O. The average molecular weight is 520 g/mol. The third-order valence-electron chi connectivity index (χ3n) is 5.51. The van der Waals surface area contributed by atoms with Crippen LogP contribution in [0.5, 0.6) is 0 Å². The van der Waals surface area contributed by atoms with Gasteiger partial charge in [-0.25, -0.2) is 0 Å². The van der Waals surface area contributed by atoms with Crippen molar-refractivity contribution in [3.8, 4) is 0 Å². The molecule has 0 aliphatic carbocycles. The minimum absolute atomic E-state index is 0.0873. The number of unbranched alkanes of at least 4 members (excludes halogenated alkanes) is 1. The third-order valence-corrected chi connectivity index (χ3v) is 5.51. The average Bonchev–Trinajstić information content (AvgIpc) is 2.84. The molecule has 206 valence electrons. The summed E-state index contributed by atoms with van der Waals surface area (Å²) in [6, 6.07) is 5.26. The van der Waals surface area contributed by atoms with Crippen LogP contribution in [0.25, 0.3) is 0 Å². The van der Waals surface area contributed by atoms with Gasteiger partial charge in [-0.3, -0.25) is 24.2 Å². The van der Waals surface area contributed by atoms with Crippen molar-refractivity contribution < 1.29 is 19.2 Å². The van der Waals surface area contributed by atoms with Crippen LogP contribution in [-0.4, -0.2) is 66.8 Å². The van der Waals surface area contributed by atoms with Gasteiger partial charge in [0.25, 0.3) is 0 Å². The van der Waals surface area contributed by atoms with Gasteiger partial charge in [0.15, 0.2) is 5.96 Å². The molecule has 0 aliphatic rings. The molecule has 13 nitrogen and oxygen atoms in total. The van der Waals surface area contributed by atoms with E-state index in [0.717, 1.165) is 5.56 Å². The summed E-state index contributed by atoms with van der Waals surface area (Å²) in [5, 5.41) is 7.95. The molecule has 1 rings (SSSR count). The van der Waals surface area contributed by atoms with Crippen molar-refractivity contribution in [2.75, 3.05) is 13.1 Å². The van der Waals surface area contributed by atoms with Gasteiger partial charge in [0, 0.05) is 13.0 Å². The predicted molar refractivity (Wildman–Crippen MR) is 142 cm³/mol.